The molecule has 0 aromatic heterocycles. The fourth-order valence-corrected chi connectivity index (χ4v) is 4.59. The Morgan fingerprint density at radius 3 is 2.35 bits per heavy atom. The lowest BCUT2D eigenvalue weighted by Crippen LogP contribution is -2.40. The molecule has 1 aliphatic heterocycles. The van der Waals surface area contributed by atoms with Crippen LogP contribution in [0.3, 0.4) is 0 Å². The fourth-order valence-electron chi connectivity index (χ4n) is 2.56. The fraction of sp³-hybridized carbons (Fsp3) is 0.278. The first-order valence-electron chi connectivity index (χ1n) is 7.88. The number of hydrogen-bond donors (Lipinski definition) is 0. The molecule has 0 spiro atoms. The van der Waals surface area contributed by atoms with Crippen molar-refractivity contribution >= 4 is 72.3 Å². The molecule has 1 fully saturated rings. The highest BCUT2D eigenvalue weighted by molar-refractivity contribution is 9.11. The van der Waals surface area contributed by atoms with Gasteiger partial charge in [0, 0.05) is 18.7 Å². The minimum absolute atomic E-state index is 0.376. The van der Waals surface area contributed by atoms with E-state index in [0.29, 0.717) is 35.6 Å². The first-order valence-corrected chi connectivity index (χ1v) is 10.6. The van der Waals surface area contributed by atoms with E-state index in [0.717, 1.165) is 38.2 Å². The summed E-state index contributed by atoms with van der Waals surface area (Å²) in [5.74, 6) is 0.713. The van der Waals surface area contributed by atoms with Crippen molar-refractivity contribution in [1.29, 1.82) is 0 Å². The van der Waals surface area contributed by atoms with Gasteiger partial charge in [-0.3, -0.25) is 0 Å². The van der Waals surface area contributed by atoms with Gasteiger partial charge in [-0.1, -0.05) is 41.5 Å². The van der Waals surface area contributed by atoms with Gasteiger partial charge in [-0.25, -0.2) is 0 Å². The number of nitrogens with zero attached hydrogens (tertiary/aromatic N) is 1. The van der Waals surface area contributed by atoms with Gasteiger partial charge in [-0.2, -0.15) is 0 Å². The highest BCUT2D eigenvalue weighted by atomic mass is 79.9. The van der Waals surface area contributed by atoms with Gasteiger partial charge in [0.05, 0.1) is 32.2 Å². The summed E-state index contributed by atoms with van der Waals surface area (Å²) in [6.07, 6.45) is 0. The predicted molar refractivity (Wildman–Crippen MR) is 117 cm³/mol. The van der Waals surface area contributed by atoms with Crippen molar-refractivity contribution in [3.8, 4) is 5.75 Å². The predicted octanol–water partition coefficient (Wildman–Crippen LogP) is 6.11. The van der Waals surface area contributed by atoms with E-state index in [1.165, 1.54) is 0 Å². The molecular formula is C18H15Br2Cl2NO2S. The van der Waals surface area contributed by atoms with E-state index in [2.05, 4.69) is 36.8 Å². The van der Waals surface area contributed by atoms with Crippen LogP contribution in [0.25, 0.3) is 0 Å². The maximum atomic E-state index is 6.05. The molecule has 8 heteroatoms. The van der Waals surface area contributed by atoms with Gasteiger partial charge in [0.1, 0.15) is 17.3 Å². The summed E-state index contributed by atoms with van der Waals surface area (Å²) in [5.41, 5.74) is 1.90. The summed E-state index contributed by atoms with van der Waals surface area (Å²) in [6, 6.07) is 9.40. The molecule has 0 radical (unpaired) electrons. The monoisotopic (exact) mass is 537 g/mol. The normalized spacial score (nSPS) is 14.4. The zero-order valence-corrected chi connectivity index (χ0v) is 19.1. The Balaban J connectivity index is 1.74. The molecule has 0 bridgehead atoms. The third-order valence-corrected chi connectivity index (χ3v) is 6.32. The number of thiocarbonyl (C=S) groups is 1. The molecule has 1 saturated heterocycles. The molecule has 0 N–H and O–H groups in total. The minimum atomic E-state index is 0.376. The third-order valence-electron chi connectivity index (χ3n) is 3.91. The van der Waals surface area contributed by atoms with Crippen LogP contribution in [0.4, 0.5) is 0 Å². The number of benzene rings is 2. The van der Waals surface area contributed by atoms with Gasteiger partial charge in [0.25, 0.3) is 0 Å². The van der Waals surface area contributed by atoms with Gasteiger partial charge >= 0.3 is 0 Å². The number of halogens is 4. The van der Waals surface area contributed by atoms with E-state index < -0.39 is 0 Å². The third kappa shape index (κ3) is 4.91. The lowest BCUT2D eigenvalue weighted by Gasteiger charge is -2.29. The van der Waals surface area contributed by atoms with Crippen molar-refractivity contribution in [1.82, 2.24) is 4.90 Å². The Bertz CT molecular complexity index is 806. The molecule has 1 aliphatic rings. The van der Waals surface area contributed by atoms with Crippen molar-refractivity contribution in [3.63, 3.8) is 0 Å². The molecule has 2 aromatic carbocycles. The zero-order valence-electron chi connectivity index (χ0n) is 13.6. The second kappa shape index (κ2) is 9.22. The van der Waals surface area contributed by atoms with Crippen LogP contribution in [0.15, 0.2) is 39.3 Å². The molecule has 26 heavy (non-hydrogen) atoms. The highest BCUT2D eigenvalue weighted by Gasteiger charge is 2.18. The highest BCUT2D eigenvalue weighted by Crippen LogP contribution is 2.36. The molecule has 0 unspecified atom stereocenters. The second-order valence-corrected chi connectivity index (χ2v) is 8.62. The second-order valence-electron chi connectivity index (χ2n) is 5.71. The summed E-state index contributed by atoms with van der Waals surface area (Å²) < 4.78 is 13.0. The van der Waals surface area contributed by atoms with Crippen LogP contribution in [0.2, 0.25) is 10.0 Å². The summed E-state index contributed by atoms with van der Waals surface area (Å²) >= 11 is 24.8. The van der Waals surface area contributed by atoms with Crippen LogP contribution < -0.4 is 4.74 Å². The Labute approximate surface area is 184 Å². The van der Waals surface area contributed by atoms with E-state index in [1.54, 1.807) is 12.1 Å². The van der Waals surface area contributed by atoms with Crippen LogP contribution in [0, 0.1) is 0 Å². The first-order chi connectivity index (χ1) is 12.5. The molecule has 3 nitrogen and oxygen atoms in total. The Kier molecular flexibility index (Phi) is 7.22. The zero-order chi connectivity index (χ0) is 18.7. The molecule has 0 atom stereocenters. The largest absolute Gasteiger partial charge is 0.487 e. The number of morpholine rings is 1. The molecule has 2 aromatic rings. The minimum Gasteiger partial charge on any atom is -0.487 e. The number of hydrogen-bond acceptors (Lipinski definition) is 3. The standard InChI is InChI=1S/C18H15Br2Cl2NO2S/c19-13-8-12(18(26)23-3-5-24-6-4-23)9-14(20)17(13)25-10-11-1-2-15(21)16(22)7-11/h1-2,7-9H,3-6,10H2. The molecule has 0 saturated carbocycles. The maximum Gasteiger partial charge on any atom is 0.148 e. The van der Waals surface area contributed by atoms with Crippen molar-refractivity contribution < 1.29 is 9.47 Å². The van der Waals surface area contributed by atoms with E-state index in [1.807, 2.05) is 18.2 Å². The van der Waals surface area contributed by atoms with E-state index in [-0.39, 0.29) is 0 Å². The topological polar surface area (TPSA) is 21.7 Å². The van der Waals surface area contributed by atoms with E-state index in [9.17, 15) is 0 Å². The maximum absolute atomic E-state index is 6.05. The smallest absolute Gasteiger partial charge is 0.148 e. The van der Waals surface area contributed by atoms with Crippen LogP contribution in [-0.4, -0.2) is 36.2 Å². The van der Waals surface area contributed by atoms with Crippen LogP contribution in [-0.2, 0) is 11.3 Å². The first kappa shape index (κ1) is 20.4. The van der Waals surface area contributed by atoms with Gasteiger partial charge in [0.2, 0.25) is 0 Å². The van der Waals surface area contributed by atoms with E-state index in [4.69, 9.17) is 44.9 Å². The quantitative estimate of drug-likeness (QED) is 0.437. The lowest BCUT2D eigenvalue weighted by atomic mass is 10.2. The number of rotatable bonds is 4. The summed E-state index contributed by atoms with van der Waals surface area (Å²) in [6.45, 7) is 3.40. The molecule has 0 aliphatic carbocycles. The van der Waals surface area contributed by atoms with Crippen LogP contribution in [0.5, 0.6) is 5.75 Å². The Hall–Kier alpha value is -0.370. The Morgan fingerprint density at radius 1 is 1.08 bits per heavy atom. The molecule has 3 rings (SSSR count). The van der Waals surface area contributed by atoms with E-state index >= 15 is 0 Å². The van der Waals surface area contributed by atoms with Crippen molar-refractivity contribution in [3.05, 3.63) is 60.4 Å². The Morgan fingerprint density at radius 2 is 1.73 bits per heavy atom. The van der Waals surface area contributed by atoms with Crippen LogP contribution >= 0.6 is 67.3 Å². The molecule has 138 valence electrons. The summed E-state index contributed by atoms with van der Waals surface area (Å²) in [7, 11) is 0. The SMILES string of the molecule is S=C(c1cc(Br)c(OCc2ccc(Cl)c(Cl)c2)c(Br)c1)N1CCOCC1. The molecular weight excluding hydrogens is 525 g/mol. The lowest BCUT2D eigenvalue weighted by molar-refractivity contribution is 0.0693. The average Bonchev–Trinajstić information content (AvgIpc) is 2.64. The van der Waals surface area contributed by atoms with Gasteiger partial charge in [0.15, 0.2) is 0 Å². The van der Waals surface area contributed by atoms with Crippen molar-refractivity contribution in [2.45, 2.75) is 6.61 Å². The van der Waals surface area contributed by atoms with Crippen molar-refractivity contribution in [2.24, 2.45) is 0 Å². The van der Waals surface area contributed by atoms with Gasteiger partial charge in [-0.15, -0.1) is 0 Å². The molecule has 1 heterocycles. The number of ether oxygens (including phenoxy) is 2. The molecule has 0 amide bonds. The average molecular weight is 540 g/mol. The summed E-state index contributed by atoms with van der Waals surface area (Å²) in [4.78, 5) is 2.97. The van der Waals surface area contributed by atoms with Gasteiger partial charge in [-0.05, 0) is 61.7 Å². The summed E-state index contributed by atoms with van der Waals surface area (Å²) in [5, 5.41) is 1.04. The van der Waals surface area contributed by atoms with Gasteiger partial charge < -0.3 is 14.4 Å². The van der Waals surface area contributed by atoms with Crippen LogP contribution in [0.1, 0.15) is 11.1 Å². The van der Waals surface area contributed by atoms with Crippen molar-refractivity contribution in [2.75, 3.05) is 26.3 Å².